The second-order valence-electron chi connectivity index (χ2n) is 2.81. The highest BCUT2D eigenvalue weighted by molar-refractivity contribution is 9.10. The monoisotopic (exact) mass is 276 g/mol. The highest BCUT2D eigenvalue weighted by atomic mass is 79.9. The van der Waals surface area contributed by atoms with Gasteiger partial charge in [-0.05, 0) is 28.9 Å². The molecule has 1 amide bonds. The van der Waals surface area contributed by atoms with Crippen molar-refractivity contribution in [3.05, 3.63) is 27.5 Å². The van der Waals surface area contributed by atoms with Gasteiger partial charge in [-0.3, -0.25) is 4.79 Å². The Kier molecular flexibility index (Phi) is 3.89. The molecule has 0 aliphatic carbocycles. The van der Waals surface area contributed by atoms with Crippen LogP contribution in [0.3, 0.4) is 0 Å². The average molecular weight is 278 g/mol. The zero-order chi connectivity index (χ0) is 10.7. The molecule has 0 spiro atoms. The first-order valence-corrected chi connectivity index (χ1v) is 5.30. The fourth-order valence-corrected chi connectivity index (χ4v) is 1.47. The van der Waals surface area contributed by atoms with Gasteiger partial charge in [-0.2, -0.15) is 0 Å². The molecular weight excluding hydrogens is 267 g/mol. The third-order valence-corrected chi connectivity index (χ3v) is 2.71. The van der Waals surface area contributed by atoms with Gasteiger partial charge in [-0.25, -0.2) is 4.98 Å². The Balaban J connectivity index is 3.06. The van der Waals surface area contributed by atoms with Gasteiger partial charge in [-0.1, -0.05) is 11.6 Å². The summed E-state index contributed by atoms with van der Waals surface area (Å²) in [5.41, 5.74) is 0.536. The summed E-state index contributed by atoms with van der Waals surface area (Å²) in [6, 6.07) is 1.56. The maximum absolute atomic E-state index is 11.8. The lowest BCUT2D eigenvalue weighted by Crippen LogP contribution is -2.26. The molecular formula is C9H10BrClN2O. The van der Waals surface area contributed by atoms with Crippen molar-refractivity contribution in [3.63, 3.8) is 0 Å². The van der Waals surface area contributed by atoms with Crippen molar-refractivity contribution in [1.29, 1.82) is 0 Å². The number of rotatable bonds is 2. The molecule has 0 aliphatic heterocycles. The van der Waals surface area contributed by atoms with Crippen molar-refractivity contribution in [2.45, 2.75) is 6.92 Å². The summed E-state index contributed by atoms with van der Waals surface area (Å²) in [6.45, 7) is 2.57. The quantitative estimate of drug-likeness (QED) is 0.779. The molecule has 0 bridgehead atoms. The zero-order valence-electron chi connectivity index (χ0n) is 7.92. The predicted octanol–water partition coefficient (Wildman–Crippen LogP) is 2.59. The molecule has 0 saturated heterocycles. The number of nitrogens with zero attached hydrogens (tertiary/aromatic N) is 2. The Bertz CT molecular complexity index is 357. The van der Waals surface area contributed by atoms with Gasteiger partial charge in [0.1, 0.15) is 5.15 Å². The van der Waals surface area contributed by atoms with Crippen LogP contribution in [0.15, 0.2) is 16.7 Å². The van der Waals surface area contributed by atoms with Gasteiger partial charge in [0, 0.05) is 24.3 Å². The standard InChI is InChI=1S/C9H10BrClN2O/c1-3-13(2)9(14)6-4-8(11)12-5-7(6)10/h4-5H,3H2,1-2H3. The Hall–Kier alpha value is -0.610. The summed E-state index contributed by atoms with van der Waals surface area (Å²) in [7, 11) is 1.74. The van der Waals surface area contributed by atoms with E-state index in [1.807, 2.05) is 6.92 Å². The van der Waals surface area contributed by atoms with E-state index < -0.39 is 0 Å². The zero-order valence-corrected chi connectivity index (χ0v) is 10.3. The van der Waals surface area contributed by atoms with Crippen molar-refractivity contribution in [1.82, 2.24) is 9.88 Å². The third-order valence-electron chi connectivity index (χ3n) is 1.87. The van der Waals surface area contributed by atoms with Gasteiger partial charge in [0.25, 0.3) is 5.91 Å². The molecule has 1 heterocycles. The first-order valence-electron chi connectivity index (χ1n) is 4.12. The summed E-state index contributed by atoms with van der Waals surface area (Å²) in [5.74, 6) is -0.0660. The lowest BCUT2D eigenvalue weighted by molar-refractivity contribution is 0.0801. The van der Waals surface area contributed by atoms with Crippen LogP contribution in [0.5, 0.6) is 0 Å². The molecule has 1 aromatic rings. The van der Waals surface area contributed by atoms with Crippen molar-refractivity contribution in [2.75, 3.05) is 13.6 Å². The molecule has 14 heavy (non-hydrogen) atoms. The maximum atomic E-state index is 11.8. The van der Waals surface area contributed by atoms with Crippen molar-refractivity contribution in [2.24, 2.45) is 0 Å². The first kappa shape index (κ1) is 11.5. The van der Waals surface area contributed by atoms with Crippen LogP contribution in [0.1, 0.15) is 17.3 Å². The molecule has 1 rings (SSSR count). The summed E-state index contributed by atoms with van der Waals surface area (Å²) in [5, 5.41) is 0.320. The molecule has 76 valence electrons. The second-order valence-corrected chi connectivity index (χ2v) is 4.05. The van der Waals surface area contributed by atoms with Crippen LogP contribution >= 0.6 is 27.5 Å². The minimum Gasteiger partial charge on any atom is -0.342 e. The number of aromatic nitrogens is 1. The van der Waals surface area contributed by atoms with Gasteiger partial charge in [0.2, 0.25) is 0 Å². The summed E-state index contributed by atoms with van der Waals surface area (Å²) < 4.78 is 0.659. The highest BCUT2D eigenvalue weighted by Crippen LogP contribution is 2.19. The van der Waals surface area contributed by atoms with Crippen LogP contribution in [0.25, 0.3) is 0 Å². The second kappa shape index (κ2) is 4.75. The van der Waals surface area contributed by atoms with E-state index in [0.29, 0.717) is 21.7 Å². The van der Waals surface area contributed by atoms with E-state index >= 15 is 0 Å². The lowest BCUT2D eigenvalue weighted by atomic mass is 10.2. The SMILES string of the molecule is CCN(C)C(=O)c1cc(Cl)ncc1Br. The van der Waals surface area contributed by atoms with Gasteiger partial charge in [-0.15, -0.1) is 0 Å². The molecule has 0 aromatic carbocycles. The van der Waals surface area contributed by atoms with Crippen LogP contribution in [-0.4, -0.2) is 29.4 Å². The molecule has 0 N–H and O–H groups in total. The molecule has 0 radical (unpaired) electrons. The van der Waals surface area contributed by atoms with Crippen molar-refractivity contribution < 1.29 is 4.79 Å². The van der Waals surface area contributed by atoms with Gasteiger partial charge >= 0.3 is 0 Å². The van der Waals surface area contributed by atoms with Gasteiger partial charge in [0.05, 0.1) is 5.56 Å². The van der Waals surface area contributed by atoms with E-state index in [1.165, 1.54) is 6.20 Å². The first-order chi connectivity index (χ1) is 6.56. The number of hydrogen-bond acceptors (Lipinski definition) is 2. The summed E-state index contributed by atoms with van der Waals surface area (Å²) in [4.78, 5) is 17.2. The largest absolute Gasteiger partial charge is 0.342 e. The molecule has 0 fully saturated rings. The number of carbonyl (C=O) groups is 1. The number of carbonyl (C=O) groups excluding carboxylic acids is 1. The third kappa shape index (κ3) is 2.45. The maximum Gasteiger partial charge on any atom is 0.254 e. The Morgan fingerprint density at radius 1 is 1.71 bits per heavy atom. The van der Waals surface area contributed by atoms with Crippen LogP contribution < -0.4 is 0 Å². The molecule has 5 heteroatoms. The predicted molar refractivity (Wildman–Crippen MR) is 59.6 cm³/mol. The van der Waals surface area contributed by atoms with Crippen LogP contribution in [0.2, 0.25) is 5.15 Å². The minimum absolute atomic E-state index is 0.0660. The Labute approximate surface area is 96.2 Å². The molecule has 3 nitrogen and oxygen atoms in total. The molecule has 0 saturated carbocycles. The number of halogens is 2. The van der Waals surface area contributed by atoms with Crippen molar-refractivity contribution >= 4 is 33.4 Å². The normalized spacial score (nSPS) is 10.0. The topological polar surface area (TPSA) is 33.2 Å². The fraction of sp³-hybridized carbons (Fsp3) is 0.333. The number of pyridine rings is 1. The molecule has 0 unspecified atom stereocenters. The minimum atomic E-state index is -0.0660. The van der Waals surface area contributed by atoms with Gasteiger partial charge < -0.3 is 4.90 Å². The fourth-order valence-electron chi connectivity index (χ4n) is 0.926. The van der Waals surface area contributed by atoms with E-state index in [2.05, 4.69) is 20.9 Å². The molecule has 1 aromatic heterocycles. The molecule has 0 atom stereocenters. The van der Waals surface area contributed by atoms with Crippen molar-refractivity contribution in [3.8, 4) is 0 Å². The average Bonchev–Trinajstić information content (AvgIpc) is 2.19. The van der Waals surface area contributed by atoms with Crippen LogP contribution in [0, 0.1) is 0 Å². The van der Waals surface area contributed by atoms with E-state index in [4.69, 9.17) is 11.6 Å². The summed E-state index contributed by atoms with van der Waals surface area (Å²) in [6.07, 6.45) is 1.53. The Morgan fingerprint density at radius 3 is 2.93 bits per heavy atom. The number of hydrogen-bond donors (Lipinski definition) is 0. The number of amides is 1. The van der Waals surface area contributed by atoms with Crippen LogP contribution in [0.4, 0.5) is 0 Å². The Morgan fingerprint density at radius 2 is 2.36 bits per heavy atom. The smallest absolute Gasteiger partial charge is 0.254 e. The van der Waals surface area contributed by atoms with E-state index in [1.54, 1.807) is 18.0 Å². The van der Waals surface area contributed by atoms with E-state index in [0.717, 1.165) is 0 Å². The summed E-state index contributed by atoms with van der Waals surface area (Å²) >= 11 is 8.97. The molecule has 0 aliphatic rings. The lowest BCUT2D eigenvalue weighted by Gasteiger charge is -2.15. The highest BCUT2D eigenvalue weighted by Gasteiger charge is 2.14. The van der Waals surface area contributed by atoms with Gasteiger partial charge in [0.15, 0.2) is 0 Å². The van der Waals surface area contributed by atoms with E-state index in [-0.39, 0.29) is 5.91 Å². The van der Waals surface area contributed by atoms with E-state index in [9.17, 15) is 4.79 Å². The van der Waals surface area contributed by atoms with Crippen LogP contribution in [-0.2, 0) is 0 Å².